The molecular formula is C11H21NO2. The van der Waals surface area contributed by atoms with Gasteiger partial charge in [-0.05, 0) is 26.7 Å². The first kappa shape index (κ1) is 11.5. The summed E-state index contributed by atoms with van der Waals surface area (Å²) < 4.78 is 4.88. The Balaban J connectivity index is 2.24. The molecular weight excluding hydrogens is 178 g/mol. The molecule has 0 aliphatic heterocycles. The summed E-state index contributed by atoms with van der Waals surface area (Å²) in [6.45, 7) is 4.85. The summed E-state index contributed by atoms with van der Waals surface area (Å²) in [5, 5.41) is 3.31. The maximum Gasteiger partial charge on any atom is 0.319 e. The van der Waals surface area contributed by atoms with E-state index in [4.69, 9.17) is 4.74 Å². The summed E-state index contributed by atoms with van der Waals surface area (Å²) in [5.41, 5.74) is 0.158. The molecule has 0 radical (unpaired) electrons. The summed E-state index contributed by atoms with van der Waals surface area (Å²) >= 11 is 0. The Kier molecular flexibility index (Phi) is 4.39. The second-order valence-electron chi connectivity index (χ2n) is 4.28. The third kappa shape index (κ3) is 3.66. The van der Waals surface area contributed by atoms with Crippen LogP contribution < -0.4 is 5.32 Å². The van der Waals surface area contributed by atoms with Crippen LogP contribution in [0.1, 0.15) is 46.0 Å². The SMILES string of the molecule is CCOC(=O)CNC1(C)CCCCC1. The van der Waals surface area contributed by atoms with Gasteiger partial charge in [0.1, 0.15) is 0 Å². The van der Waals surface area contributed by atoms with E-state index in [9.17, 15) is 4.79 Å². The smallest absolute Gasteiger partial charge is 0.319 e. The van der Waals surface area contributed by atoms with Gasteiger partial charge in [0.05, 0.1) is 13.2 Å². The van der Waals surface area contributed by atoms with Gasteiger partial charge >= 0.3 is 5.97 Å². The Hall–Kier alpha value is -0.570. The molecule has 1 aliphatic carbocycles. The lowest BCUT2D eigenvalue weighted by atomic mass is 9.83. The van der Waals surface area contributed by atoms with E-state index in [-0.39, 0.29) is 11.5 Å². The molecule has 0 atom stereocenters. The van der Waals surface area contributed by atoms with Crippen molar-refractivity contribution in [3.05, 3.63) is 0 Å². The first-order valence-corrected chi connectivity index (χ1v) is 5.57. The summed E-state index contributed by atoms with van der Waals surface area (Å²) in [4.78, 5) is 11.1. The Labute approximate surface area is 86.2 Å². The maximum absolute atomic E-state index is 11.1. The third-order valence-electron chi connectivity index (χ3n) is 2.92. The quantitative estimate of drug-likeness (QED) is 0.702. The predicted molar refractivity (Wildman–Crippen MR) is 56.1 cm³/mol. The van der Waals surface area contributed by atoms with Crippen LogP contribution >= 0.6 is 0 Å². The zero-order valence-corrected chi connectivity index (χ0v) is 9.27. The molecule has 0 saturated heterocycles. The van der Waals surface area contributed by atoms with Crippen molar-refractivity contribution < 1.29 is 9.53 Å². The van der Waals surface area contributed by atoms with Crippen molar-refractivity contribution in [2.45, 2.75) is 51.5 Å². The largest absolute Gasteiger partial charge is 0.465 e. The van der Waals surface area contributed by atoms with Crippen LogP contribution in [0.4, 0.5) is 0 Å². The van der Waals surface area contributed by atoms with Crippen LogP contribution in [0.15, 0.2) is 0 Å². The van der Waals surface area contributed by atoms with Gasteiger partial charge in [0.25, 0.3) is 0 Å². The van der Waals surface area contributed by atoms with E-state index in [1.54, 1.807) is 0 Å². The molecule has 3 nitrogen and oxygen atoms in total. The molecule has 82 valence electrons. The van der Waals surface area contributed by atoms with Gasteiger partial charge < -0.3 is 10.1 Å². The first-order chi connectivity index (χ1) is 6.66. The predicted octanol–water partition coefficient (Wildman–Crippen LogP) is 1.86. The number of carbonyl (C=O) groups excluding carboxylic acids is 1. The lowest BCUT2D eigenvalue weighted by Crippen LogP contribution is -2.46. The van der Waals surface area contributed by atoms with Gasteiger partial charge in [-0.15, -0.1) is 0 Å². The molecule has 0 aromatic carbocycles. The van der Waals surface area contributed by atoms with Crippen LogP contribution in [-0.4, -0.2) is 24.7 Å². The minimum Gasteiger partial charge on any atom is -0.465 e. The highest BCUT2D eigenvalue weighted by Crippen LogP contribution is 2.27. The molecule has 1 N–H and O–H groups in total. The lowest BCUT2D eigenvalue weighted by molar-refractivity contribution is -0.142. The monoisotopic (exact) mass is 199 g/mol. The number of nitrogens with one attached hydrogen (secondary N) is 1. The molecule has 1 saturated carbocycles. The van der Waals surface area contributed by atoms with Crippen molar-refractivity contribution in [1.82, 2.24) is 5.32 Å². The second-order valence-corrected chi connectivity index (χ2v) is 4.28. The van der Waals surface area contributed by atoms with E-state index in [1.165, 1.54) is 32.1 Å². The van der Waals surface area contributed by atoms with Crippen LogP contribution in [0.5, 0.6) is 0 Å². The van der Waals surface area contributed by atoms with Gasteiger partial charge in [0.2, 0.25) is 0 Å². The minimum atomic E-state index is -0.140. The topological polar surface area (TPSA) is 38.3 Å². The molecule has 1 fully saturated rings. The first-order valence-electron chi connectivity index (χ1n) is 5.57. The third-order valence-corrected chi connectivity index (χ3v) is 2.92. The van der Waals surface area contributed by atoms with Crippen molar-refractivity contribution in [1.29, 1.82) is 0 Å². The van der Waals surface area contributed by atoms with Gasteiger partial charge in [-0.2, -0.15) is 0 Å². The van der Waals surface area contributed by atoms with E-state index in [1.807, 2.05) is 6.92 Å². The number of esters is 1. The molecule has 0 aromatic heterocycles. The summed E-state index contributed by atoms with van der Waals surface area (Å²) in [6, 6.07) is 0. The Morgan fingerprint density at radius 2 is 2.00 bits per heavy atom. The number of ether oxygens (including phenoxy) is 1. The number of rotatable bonds is 4. The normalized spacial score (nSPS) is 20.4. The molecule has 0 spiro atoms. The van der Waals surface area contributed by atoms with E-state index >= 15 is 0 Å². The highest BCUT2D eigenvalue weighted by atomic mass is 16.5. The van der Waals surface area contributed by atoms with E-state index < -0.39 is 0 Å². The molecule has 1 rings (SSSR count). The Morgan fingerprint density at radius 1 is 1.36 bits per heavy atom. The molecule has 0 bridgehead atoms. The van der Waals surface area contributed by atoms with Crippen LogP contribution in [0.25, 0.3) is 0 Å². The average molecular weight is 199 g/mol. The standard InChI is InChI=1S/C11H21NO2/c1-3-14-10(13)9-12-11(2)7-5-4-6-8-11/h12H,3-9H2,1-2H3. The van der Waals surface area contributed by atoms with Gasteiger partial charge in [0.15, 0.2) is 0 Å². The fourth-order valence-corrected chi connectivity index (χ4v) is 2.01. The van der Waals surface area contributed by atoms with Crippen molar-refractivity contribution >= 4 is 5.97 Å². The number of carbonyl (C=O) groups is 1. The zero-order chi connectivity index (χ0) is 10.4. The summed E-state index contributed by atoms with van der Waals surface area (Å²) in [5.74, 6) is -0.140. The van der Waals surface area contributed by atoms with Crippen LogP contribution in [0, 0.1) is 0 Å². The second kappa shape index (κ2) is 5.35. The Bertz CT molecular complexity index is 186. The van der Waals surface area contributed by atoms with Gasteiger partial charge in [-0.1, -0.05) is 19.3 Å². The molecule has 0 unspecified atom stereocenters. The fourth-order valence-electron chi connectivity index (χ4n) is 2.01. The minimum absolute atomic E-state index is 0.140. The van der Waals surface area contributed by atoms with Crippen LogP contribution in [-0.2, 0) is 9.53 Å². The van der Waals surface area contributed by atoms with Gasteiger partial charge in [-0.3, -0.25) is 4.79 Å². The molecule has 0 amide bonds. The Morgan fingerprint density at radius 3 is 2.57 bits per heavy atom. The van der Waals surface area contributed by atoms with E-state index in [2.05, 4.69) is 12.2 Å². The van der Waals surface area contributed by atoms with E-state index in [0.29, 0.717) is 13.2 Å². The van der Waals surface area contributed by atoms with Gasteiger partial charge in [0, 0.05) is 5.54 Å². The number of hydrogen-bond acceptors (Lipinski definition) is 3. The summed E-state index contributed by atoms with van der Waals surface area (Å²) in [7, 11) is 0. The van der Waals surface area contributed by atoms with Crippen molar-refractivity contribution in [3.8, 4) is 0 Å². The molecule has 3 heteroatoms. The van der Waals surface area contributed by atoms with E-state index in [0.717, 1.165) is 0 Å². The average Bonchev–Trinajstić information content (AvgIpc) is 2.17. The van der Waals surface area contributed by atoms with Crippen molar-refractivity contribution in [2.24, 2.45) is 0 Å². The van der Waals surface area contributed by atoms with Crippen molar-refractivity contribution in [2.75, 3.05) is 13.2 Å². The summed E-state index contributed by atoms with van der Waals surface area (Å²) in [6.07, 6.45) is 6.22. The maximum atomic E-state index is 11.1. The van der Waals surface area contributed by atoms with Crippen LogP contribution in [0.3, 0.4) is 0 Å². The highest BCUT2D eigenvalue weighted by Gasteiger charge is 2.26. The zero-order valence-electron chi connectivity index (χ0n) is 9.27. The highest BCUT2D eigenvalue weighted by molar-refractivity contribution is 5.71. The van der Waals surface area contributed by atoms with Gasteiger partial charge in [-0.25, -0.2) is 0 Å². The van der Waals surface area contributed by atoms with Crippen LogP contribution in [0.2, 0.25) is 0 Å². The molecule has 14 heavy (non-hydrogen) atoms. The molecule has 0 heterocycles. The molecule has 0 aromatic rings. The lowest BCUT2D eigenvalue weighted by Gasteiger charge is -2.34. The number of hydrogen-bond donors (Lipinski definition) is 1. The van der Waals surface area contributed by atoms with Crippen molar-refractivity contribution in [3.63, 3.8) is 0 Å². The molecule has 1 aliphatic rings. The fraction of sp³-hybridized carbons (Fsp3) is 0.909.